The molecule has 3 heterocycles. The van der Waals surface area contributed by atoms with Crippen LogP contribution in [0.5, 0.6) is 0 Å². The van der Waals surface area contributed by atoms with E-state index in [2.05, 4.69) is 15.0 Å². The summed E-state index contributed by atoms with van der Waals surface area (Å²) in [6, 6.07) is 3.27. The predicted molar refractivity (Wildman–Crippen MR) is 101 cm³/mol. The molecule has 2 aliphatic rings. The molecule has 28 heavy (non-hydrogen) atoms. The topological polar surface area (TPSA) is 105 Å². The summed E-state index contributed by atoms with van der Waals surface area (Å²) < 4.78 is 13.6. The van der Waals surface area contributed by atoms with Gasteiger partial charge >= 0.3 is 5.97 Å². The number of nitrogens with one attached hydrogen (secondary N) is 1. The number of hydrogen-bond donors (Lipinski definition) is 3. The van der Waals surface area contributed by atoms with Gasteiger partial charge in [-0.15, -0.1) is 0 Å². The fourth-order valence-corrected chi connectivity index (χ4v) is 4.04. The minimum absolute atomic E-state index is 0.295. The van der Waals surface area contributed by atoms with Gasteiger partial charge in [-0.1, -0.05) is 0 Å². The molecule has 0 bridgehead atoms. The van der Waals surface area contributed by atoms with Gasteiger partial charge in [-0.05, 0) is 48.9 Å². The number of nitrogens with two attached hydrogens (primary N) is 1. The number of aromatic amines is 1. The van der Waals surface area contributed by atoms with Gasteiger partial charge in [0.2, 0.25) is 0 Å². The number of carboxylic acids is 1. The Morgan fingerprint density at radius 1 is 1.25 bits per heavy atom. The minimum Gasteiger partial charge on any atom is -0.478 e. The minimum atomic E-state index is -0.927. The first kappa shape index (κ1) is 17.1. The highest BCUT2D eigenvalue weighted by Gasteiger charge is 2.40. The van der Waals surface area contributed by atoms with E-state index < -0.39 is 11.8 Å². The quantitative estimate of drug-likeness (QED) is 0.647. The van der Waals surface area contributed by atoms with Crippen molar-refractivity contribution in [2.24, 2.45) is 5.73 Å². The third-order valence-corrected chi connectivity index (χ3v) is 5.72. The normalized spacial score (nSPS) is 16.4. The number of halogens is 1. The number of rotatable bonds is 4. The van der Waals surface area contributed by atoms with Crippen LogP contribution in [0.3, 0.4) is 0 Å². The van der Waals surface area contributed by atoms with Crippen molar-refractivity contribution in [3.05, 3.63) is 58.9 Å². The lowest BCUT2D eigenvalue weighted by atomic mass is 9.88. The zero-order valence-corrected chi connectivity index (χ0v) is 15.1. The van der Waals surface area contributed by atoms with Crippen LogP contribution in [0, 0.1) is 5.82 Å². The van der Waals surface area contributed by atoms with Crippen molar-refractivity contribution in [1.82, 2.24) is 15.0 Å². The van der Waals surface area contributed by atoms with Crippen LogP contribution in [-0.2, 0) is 19.3 Å². The molecule has 5 rings (SSSR count). The summed E-state index contributed by atoms with van der Waals surface area (Å²) in [6.45, 7) is 0. The first-order chi connectivity index (χ1) is 13.4. The van der Waals surface area contributed by atoms with Crippen LogP contribution in [0.4, 0.5) is 4.39 Å². The fraction of sp³-hybridized carbons (Fsp3) is 0.286. The van der Waals surface area contributed by atoms with Crippen LogP contribution in [0.2, 0.25) is 0 Å². The van der Waals surface area contributed by atoms with Crippen molar-refractivity contribution in [3.63, 3.8) is 0 Å². The smallest absolute Gasteiger partial charge is 0.337 e. The highest BCUT2D eigenvalue weighted by Crippen LogP contribution is 2.41. The maximum atomic E-state index is 13.6. The van der Waals surface area contributed by atoms with E-state index in [0.717, 1.165) is 41.4 Å². The zero-order chi connectivity index (χ0) is 19.5. The van der Waals surface area contributed by atoms with Gasteiger partial charge in [0.15, 0.2) is 0 Å². The SMILES string of the molecule is NC1(Cc2[nH]c3c(c2C(=O)O)CCc2cnc(-c4cncc(F)c4)cc2-3)CC1. The van der Waals surface area contributed by atoms with Gasteiger partial charge in [0.1, 0.15) is 5.82 Å². The first-order valence-corrected chi connectivity index (χ1v) is 9.30. The summed E-state index contributed by atoms with van der Waals surface area (Å²) >= 11 is 0. The van der Waals surface area contributed by atoms with E-state index in [1.54, 1.807) is 12.4 Å². The Bertz CT molecular complexity index is 1120. The van der Waals surface area contributed by atoms with Crippen LogP contribution in [0.25, 0.3) is 22.5 Å². The van der Waals surface area contributed by atoms with Crippen molar-refractivity contribution in [2.75, 3.05) is 0 Å². The van der Waals surface area contributed by atoms with Crippen molar-refractivity contribution in [1.29, 1.82) is 0 Å². The number of hydrogen-bond acceptors (Lipinski definition) is 4. The molecule has 6 nitrogen and oxygen atoms in total. The number of carboxylic acid groups (broad SMARTS) is 1. The molecule has 7 heteroatoms. The van der Waals surface area contributed by atoms with Crippen molar-refractivity contribution in [2.45, 2.75) is 37.6 Å². The lowest BCUT2D eigenvalue weighted by molar-refractivity contribution is 0.0694. The molecule has 3 aromatic rings. The number of aryl methyl sites for hydroxylation is 1. The second-order valence-corrected chi connectivity index (χ2v) is 7.79. The number of aromatic nitrogens is 3. The molecule has 0 saturated heterocycles. The molecular formula is C21H19FN4O2. The van der Waals surface area contributed by atoms with E-state index in [1.165, 1.54) is 6.07 Å². The van der Waals surface area contributed by atoms with Crippen LogP contribution < -0.4 is 5.73 Å². The molecule has 0 aliphatic heterocycles. The Morgan fingerprint density at radius 2 is 2.07 bits per heavy atom. The second-order valence-electron chi connectivity index (χ2n) is 7.79. The highest BCUT2D eigenvalue weighted by molar-refractivity contribution is 5.94. The van der Waals surface area contributed by atoms with E-state index in [4.69, 9.17) is 5.73 Å². The first-order valence-electron chi connectivity index (χ1n) is 9.30. The van der Waals surface area contributed by atoms with Crippen LogP contribution in [0.15, 0.2) is 30.7 Å². The highest BCUT2D eigenvalue weighted by atomic mass is 19.1. The number of fused-ring (bicyclic) bond motifs is 3. The second kappa shape index (κ2) is 5.97. The molecule has 1 saturated carbocycles. The summed E-state index contributed by atoms with van der Waals surface area (Å²) in [5.41, 5.74) is 11.8. The van der Waals surface area contributed by atoms with Crippen molar-refractivity contribution in [3.8, 4) is 22.5 Å². The number of carbonyl (C=O) groups is 1. The fourth-order valence-electron chi connectivity index (χ4n) is 4.04. The maximum Gasteiger partial charge on any atom is 0.337 e. The van der Waals surface area contributed by atoms with Crippen molar-refractivity contribution < 1.29 is 14.3 Å². The lowest BCUT2D eigenvalue weighted by Gasteiger charge is -2.17. The van der Waals surface area contributed by atoms with Gasteiger partial charge in [0, 0.05) is 41.2 Å². The summed E-state index contributed by atoms with van der Waals surface area (Å²) in [7, 11) is 0. The molecule has 1 fully saturated rings. The summed E-state index contributed by atoms with van der Waals surface area (Å²) in [4.78, 5) is 23.7. The molecule has 4 N–H and O–H groups in total. The van der Waals surface area contributed by atoms with E-state index in [1.807, 2.05) is 6.07 Å². The van der Waals surface area contributed by atoms with E-state index in [-0.39, 0.29) is 5.54 Å². The largest absolute Gasteiger partial charge is 0.478 e. The lowest BCUT2D eigenvalue weighted by Crippen LogP contribution is -2.25. The number of pyridine rings is 2. The van der Waals surface area contributed by atoms with Crippen LogP contribution in [-0.4, -0.2) is 31.6 Å². The van der Waals surface area contributed by atoms with Gasteiger partial charge in [0.05, 0.1) is 23.1 Å². The molecule has 2 aliphatic carbocycles. The molecule has 0 radical (unpaired) electrons. The predicted octanol–water partition coefficient (Wildman–Crippen LogP) is 3.11. The monoisotopic (exact) mass is 378 g/mol. The number of H-pyrrole nitrogens is 1. The maximum absolute atomic E-state index is 13.6. The molecule has 0 aromatic carbocycles. The van der Waals surface area contributed by atoms with Gasteiger partial charge in [-0.25, -0.2) is 9.18 Å². The number of aromatic carboxylic acids is 1. The Labute approximate surface area is 160 Å². The zero-order valence-electron chi connectivity index (χ0n) is 15.1. The molecule has 0 amide bonds. The third-order valence-electron chi connectivity index (χ3n) is 5.72. The van der Waals surface area contributed by atoms with Gasteiger partial charge in [0.25, 0.3) is 0 Å². The standard InChI is InChI=1S/C21H19FN4O2/c22-13-5-12(8-24-10-13)16-6-15-11(9-25-16)1-2-14-18(20(27)28)17(26-19(14)15)7-21(23)3-4-21/h5-6,8-10,26H,1-4,7,23H2,(H,27,28). The molecule has 0 unspecified atom stereocenters. The van der Waals surface area contributed by atoms with E-state index >= 15 is 0 Å². The van der Waals surface area contributed by atoms with Gasteiger partial charge in [-0.3, -0.25) is 9.97 Å². The molecular weight excluding hydrogens is 359 g/mol. The van der Waals surface area contributed by atoms with Gasteiger partial charge < -0.3 is 15.8 Å². The van der Waals surface area contributed by atoms with Gasteiger partial charge in [-0.2, -0.15) is 0 Å². The Morgan fingerprint density at radius 3 is 2.79 bits per heavy atom. The van der Waals surface area contributed by atoms with Crippen molar-refractivity contribution >= 4 is 5.97 Å². The average molecular weight is 378 g/mol. The Hall–Kier alpha value is -3.06. The summed E-state index contributed by atoms with van der Waals surface area (Å²) in [5, 5.41) is 9.82. The molecule has 0 spiro atoms. The molecule has 142 valence electrons. The van der Waals surface area contributed by atoms with Crippen LogP contribution >= 0.6 is 0 Å². The molecule has 0 atom stereocenters. The summed E-state index contributed by atoms with van der Waals surface area (Å²) in [6.07, 6.45) is 8.20. The van der Waals surface area contributed by atoms with Crippen LogP contribution in [0.1, 0.15) is 40.0 Å². The number of nitrogens with zero attached hydrogens (tertiary/aromatic N) is 2. The Balaban J connectivity index is 1.64. The van der Waals surface area contributed by atoms with E-state index in [9.17, 15) is 14.3 Å². The average Bonchev–Trinajstić information content (AvgIpc) is 3.27. The Kier molecular flexibility index (Phi) is 3.64. The molecule has 3 aromatic heterocycles. The summed E-state index contributed by atoms with van der Waals surface area (Å²) in [5.74, 6) is -1.35. The third kappa shape index (κ3) is 2.79. The van der Waals surface area contributed by atoms with E-state index in [0.29, 0.717) is 41.8 Å².